The minimum absolute atomic E-state index is 0. The summed E-state index contributed by atoms with van der Waals surface area (Å²) in [5.74, 6) is -0.113. The minimum atomic E-state index is -4.34. The fourth-order valence-electron chi connectivity index (χ4n) is 4.25. The zero-order valence-electron chi connectivity index (χ0n) is 19.2. The van der Waals surface area contributed by atoms with E-state index in [2.05, 4.69) is 58.3 Å². The first-order valence-electron chi connectivity index (χ1n) is 10.7. The van der Waals surface area contributed by atoms with E-state index in [9.17, 15) is 13.0 Å². The molecule has 0 aliphatic carbocycles. The Morgan fingerprint density at radius 3 is 1.50 bits per heavy atom. The topological polar surface area (TPSA) is 60.9 Å². The molecule has 0 aliphatic rings. The van der Waals surface area contributed by atoms with Crippen LogP contribution in [0, 0.1) is 0 Å². The van der Waals surface area contributed by atoms with Crippen molar-refractivity contribution in [2.75, 3.05) is 38.0 Å². The molecular weight excluding hydrogens is 455 g/mol. The molecule has 0 spiro atoms. The predicted molar refractivity (Wildman–Crippen MR) is 143 cm³/mol. The second kappa shape index (κ2) is 10.5. The van der Waals surface area contributed by atoms with Gasteiger partial charge in [0, 0.05) is 50.9 Å². The number of hydrogen-bond acceptors (Lipinski definition) is 4. The predicted octanol–water partition coefficient (Wildman–Crippen LogP) is 4.75. The normalized spacial score (nSPS) is 11.4. The van der Waals surface area contributed by atoms with E-state index in [0.29, 0.717) is 5.39 Å². The van der Waals surface area contributed by atoms with Crippen LogP contribution in [-0.2, 0) is 10.1 Å². The van der Waals surface area contributed by atoms with Crippen molar-refractivity contribution in [3.05, 3.63) is 102 Å². The van der Waals surface area contributed by atoms with Crippen molar-refractivity contribution in [2.45, 2.75) is 10.8 Å². The van der Waals surface area contributed by atoms with Gasteiger partial charge in [-0.05, 0) is 52.4 Å². The molecule has 1 N–H and O–H groups in total. The summed E-state index contributed by atoms with van der Waals surface area (Å²) < 4.78 is 33.8. The third kappa shape index (κ3) is 5.32. The Hall–Kier alpha value is -2.35. The Labute approximate surface area is 224 Å². The fraction of sp³-hybridized carbons (Fsp3) is 0.185. The van der Waals surface area contributed by atoms with Crippen molar-refractivity contribution < 1.29 is 13.0 Å². The Kier molecular flexibility index (Phi) is 8.11. The van der Waals surface area contributed by atoms with E-state index in [1.807, 2.05) is 46.4 Å². The van der Waals surface area contributed by atoms with E-state index in [0.717, 1.165) is 33.5 Å². The molecule has 0 heterocycles. The van der Waals surface area contributed by atoms with Crippen LogP contribution in [0.4, 0.5) is 11.4 Å². The number of benzene rings is 4. The van der Waals surface area contributed by atoms with Crippen LogP contribution in [0.5, 0.6) is 0 Å². The molecule has 0 atom stereocenters. The van der Waals surface area contributed by atoms with Crippen molar-refractivity contribution in [2.24, 2.45) is 0 Å². The number of fused-ring (bicyclic) bond motifs is 1. The van der Waals surface area contributed by atoms with E-state index in [-0.39, 0.29) is 40.4 Å². The zero-order chi connectivity index (χ0) is 23.8. The molecule has 0 radical (unpaired) electrons. The molecule has 0 bridgehead atoms. The molecule has 4 aromatic rings. The average molecular weight is 485 g/mol. The zero-order valence-corrected chi connectivity index (χ0v) is 20.0. The van der Waals surface area contributed by atoms with Gasteiger partial charge in [-0.2, -0.15) is 8.42 Å². The molecule has 7 heteroatoms. The van der Waals surface area contributed by atoms with E-state index >= 15 is 0 Å². The van der Waals surface area contributed by atoms with E-state index in [4.69, 9.17) is 0 Å². The molecular formula is C27H29N2NaO3S. The van der Waals surface area contributed by atoms with Gasteiger partial charge in [-0.1, -0.05) is 54.6 Å². The van der Waals surface area contributed by atoms with Gasteiger partial charge >= 0.3 is 29.6 Å². The van der Waals surface area contributed by atoms with Gasteiger partial charge in [0.25, 0.3) is 10.1 Å². The third-order valence-electron chi connectivity index (χ3n) is 5.99. The molecule has 34 heavy (non-hydrogen) atoms. The van der Waals surface area contributed by atoms with Crippen molar-refractivity contribution in [3.8, 4) is 0 Å². The summed E-state index contributed by atoms with van der Waals surface area (Å²) in [6, 6.07) is 27.5. The van der Waals surface area contributed by atoms with Gasteiger partial charge in [0.1, 0.15) is 4.90 Å². The van der Waals surface area contributed by atoms with Crippen LogP contribution in [0.3, 0.4) is 0 Å². The molecule has 4 aromatic carbocycles. The summed E-state index contributed by atoms with van der Waals surface area (Å²) in [4.78, 5) is 4.04. The molecule has 0 aliphatic heterocycles. The van der Waals surface area contributed by atoms with E-state index in [1.54, 1.807) is 12.1 Å². The summed E-state index contributed by atoms with van der Waals surface area (Å²) in [6.45, 7) is 0. The van der Waals surface area contributed by atoms with E-state index in [1.165, 1.54) is 6.07 Å². The molecule has 0 amide bonds. The number of nitrogens with zero attached hydrogens (tertiary/aromatic N) is 2. The summed E-state index contributed by atoms with van der Waals surface area (Å²) in [5.41, 5.74) is 5.39. The van der Waals surface area contributed by atoms with Crippen LogP contribution < -0.4 is 9.80 Å². The van der Waals surface area contributed by atoms with Crippen LogP contribution in [0.25, 0.3) is 10.8 Å². The fourth-order valence-corrected chi connectivity index (χ4v) is 4.95. The number of hydrogen-bond donors (Lipinski definition) is 1. The Morgan fingerprint density at radius 1 is 0.647 bits per heavy atom. The molecule has 0 aromatic heterocycles. The van der Waals surface area contributed by atoms with Crippen LogP contribution in [0.2, 0.25) is 0 Å². The van der Waals surface area contributed by atoms with Gasteiger partial charge < -0.3 is 9.80 Å². The molecule has 5 nitrogen and oxygen atoms in total. The summed E-state index contributed by atoms with van der Waals surface area (Å²) in [7, 11) is 3.69. The van der Waals surface area contributed by atoms with Gasteiger partial charge in [0.15, 0.2) is 0 Å². The summed E-state index contributed by atoms with van der Waals surface area (Å²) in [6.07, 6.45) is 0. The second-order valence-corrected chi connectivity index (χ2v) is 9.97. The molecule has 0 saturated carbocycles. The van der Waals surface area contributed by atoms with Gasteiger partial charge in [-0.15, -0.1) is 0 Å². The van der Waals surface area contributed by atoms with Crippen LogP contribution >= 0.6 is 0 Å². The van der Waals surface area contributed by atoms with Crippen molar-refractivity contribution in [1.82, 2.24) is 0 Å². The summed E-state index contributed by atoms with van der Waals surface area (Å²) in [5, 5.41) is 1.31. The first kappa shape index (κ1) is 26.3. The number of anilines is 2. The summed E-state index contributed by atoms with van der Waals surface area (Å²) >= 11 is 0. The van der Waals surface area contributed by atoms with Gasteiger partial charge in [0.2, 0.25) is 0 Å². The van der Waals surface area contributed by atoms with Gasteiger partial charge in [-0.3, -0.25) is 4.55 Å². The molecule has 0 unspecified atom stereocenters. The van der Waals surface area contributed by atoms with Crippen LogP contribution in [0.1, 0.15) is 22.6 Å². The average Bonchev–Trinajstić information content (AvgIpc) is 2.79. The molecule has 172 valence electrons. The van der Waals surface area contributed by atoms with Gasteiger partial charge in [0.05, 0.1) is 0 Å². The standard InChI is InChI=1S/C27H28N2O3S.Na.H/c1-28(2)21-13-9-19(10-14-21)27(20-11-15-22(16-12-20)29(3)4)25-17-18-26(33(30,31)32)24-8-6-5-7-23(24)25;;/h5-18,27H,1-4H3,(H,30,31,32);;. The monoisotopic (exact) mass is 484 g/mol. The maximum atomic E-state index is 12.0. The molecule has 4 rings (SSSR count). The van der Waals surface area contributed by atoms with Crippen molar-refractivity contribution >= 4 is 61.8 Å². The van der Waals surface area contributed by atoms with Gasteiger partial charge in [-0.25, -0.2) is 0 Å². The number of rotatable bonds is 6. The first-order chi connectivity index (χ1) is 15.7. The van der Waals surface area contributed by atoms with E-state index < -0.39 is 10.1 Å². The van der Waals surface area contributed by atoms with Crippen molar-refractivity contribution in [3.63, 3.8) is 0 Å². The Morgan fingerprint density at radius 2 is 1.09 bits per heavy atom. The van der Waals surface area contributed by atoms with Crippen LogP contribution in [-0.4, -0.2) is 70.7 Å². The third-order valence-corrected chi connectivity index (χ3v) is 6.90. The quantitative estimate of drug-likeness (QED) is 0.243. The van der Waals surface area contributed by atoms with Crippen molar-refractivity contribution in [1.29, 1.82) is 0 Å². The maximum absolute atomic E-state index is 12.0. The second-order valence-electron chi connectivity index (χ2n) is 8.58. The Balaban J connectivity index is 0.00000324. The molecule has 0 saturated heterocycles. The molecule has 0 fully saturated rings. The SMILES string of the molecule is CN(C)c1ccc(C(c2ccc(N(C)C)cc2)c2ccc(S(=O)(=O)O)c3ccccc23)cc1.[NaH]. The first-order valence-corrected chi connectivity index (χ1v) is 12.1. The Bertz CT molecular complexity index is 1330. The van der Waals surface area contributed by atoms with Crippen LogP contribution in [0.15, 0.2) is 89.8 Å².